The van der Waals surface area contributed by atoms with Crippen LogP contribution >= 0.6 is 0 Å². The molecule has 8 aromatic carbocycles. The van der Waals surface area contributed by atoms with E-state index in [9.17, 15) is 0 Å². The summed E-state index contributed by atoms with van der Waals surface area (Å²) in [5, 5.41) is 4.83. The quantitative estimate of drug-likeness (QED) is 0.162. The van der Waals surface area contributed by atoms with Crippen molar-refractivity contribution in [1.82, 2.24) is 4.48 Å². The molecule has 3 nitrogen and oxygen atoms in total. The molecule has 3 aliphatic rings. The SMILES string of the molecule is CC(C)(C)c1ccc(N2c3cc4c(cc3B3c5c2cc2ccccc2c5-c2cccc5c6oc7ccccc7c6n3c25)C(C)(C)c2ccccc2C4(C)C)c(-c2ccccc2)c1. The Hall–Kier alpha value is -6.78. The molecule has 298 valence electrons. The molecule has 0 unspecified atom stereocenters. The highest BCUT2D eigenvalue weighted by Crippen LogP contribution is 2.55. The number of nitrogens with zero attached hydrogens (tertiary/aromatic N) is 2. The molecule has 0 bridgehead atoms. The van der Waals surface area contributed by atoms with E-state index in [1.54, 1.807) is 0 Å². The van der Waals surface area contributed by atoms with Crippen LogP contribution in [0, 0.1) is 0 Å². The van der Waals surface area contributed by atoms with Gasteiger partial charge in [0.2, 0.25) is 0 Å². The number of furan rings is 1. The maximum Gasteiger partial charge on any atom is 0.333 e. The largest absolute Gasteiger partial charge is 0.454 e. The Bertz CT molecular complexity index is 3580. The molecule has 1 aliphatic carbocycles. The zero-order valence-corrected chi connectivity index (χ0v) is 36.4. The monoisotopic (exact) mass is 798 g/mol. The second kappa shape index (κ2) is 12.0. The summed E-state index contributed by atoms with van der Waals surface area (Å²) in [6, 6.07) is 59.6. The Morgan fingerprint density at radius 2 is 1.18 bits per heavy atom. The maximum atomic E-state index is 6.90. The summed E-state index contributed by atoms with van der Waals surface area (Å²) in [7, 11) is 0. The van der Waals surface area contributed by atoms with Gasteiger partial charge in [0.05, 0.1) is 11.2 Å². The molecule has 0 amide bonds. The number of hydrogen-bond acceptors (Lipinski definition) is 2. The van der Waals surface area contributed by atoms with Crippen molar-refractivity contribution < 1.29 is 4.42 Å². The van der Waals surface area contributed by atoms with Crippen LogP contribution in [-0.2, 0) is 16.2 Å². The van der Waals surface area contributed by atoms with Gasteiger partial charge in [-0.3, -0.25) is 0 Å². The van der Waals surface area contributed by atoms with Crippen molar-refractivity contribution in [2.75, 3.05) is 4.90 Å². The normalized spacial score (nSPS) is 15.5. The fourth-order valence-corrected chi connectivity index (χ4v) is 11.9. The van der Waals surface area contributed by atoms with Crippen molar-refractivity contribution >= 4 is 78.6 Å². The first-order valence-electron chi connectivity index (χ1n) is 22.2. The lowest BCUT2D eigenvalue weighted by molar-refractivity contribution is 0.521. The molecule has 4 heteroatoms. The van der Waals surface area contributed by atoms with E-state index >= 15 is 0 Å². The Morgan fingerprint density at radius 3 is 1.94 bits per heavy atom. The molecule has 0 N–H and O–H groups in total. The molecule has 10 aromatic rings. The number of fused-ring (bicyclic) bond motifs is 13. The van der Waals surface area contributed by atoms with Crippen LogP contribution < -0.4 is 15.8 Å². The van der Waals surface area contributed by atoms with E-state index in [1.807, 2.05) is 0 Å². The minimum Gasteiger partial charge on any atom is -0.454 e. The van der Waals surface area contributed by atoms with Gasteiger partial charge in [-0.25, -0.2) is 0 Å². The van der Waals surface area contributed by atoms with Gasteiger partial charge in [0, 0.05) is 49.6 Å². The Labute approximate surface area is 363 Å². The highest BCUT2D eigenvalue weighted by Gasteiger charge is 2.48. The first-order valence-corrected chi connectivity index (χ1v) is 22.2. The molecule has 0 fully saturated rings. The summed E-state index contributed by atoms with van der Waals surface area (Å²) in [6.45, 7) is 16.6. The maximum absolute atomic E-state index is 6.90. The highest BCUT2D eigenvalue weighted by atomic mass is 16.3. The van der Waals surface area contributed by atoms with Gasteiger partial charge in [-0.2, -0.15) is 0 Å². The number of anilines is 3. The summed E-state index contributed by atoms with van der Waals surface area (Å²) in [4.78, 5) is 2.65. The van der Waals surface area contributed by atoms with Gasteiger partial charge >= 0.3 is 6.85 Å². The molecule has 62 heavy (non-hydrogen) atoms. The standard InChI is InChI=1S/C58H47BN2O/c1-56(2,3)36-28-29-47(41(31-36)34-18-9-8-10-19-34)60-48-33-45-44(57(4,5)42-25-14-15-26-43(42)58(45,6)7)32-46(48)59-52-49(60)30-35-20-11-12-21-37(35)51(52)39-23-17-24-40-53(39)61(59)54-38-22-13-16-27-50(38)62-55(40)54/h8-33H,1-7H3. The number of aromatic nitrogens is 1. The molecule has 13 rings (SSSR count). The van der Waals surface area contributed by atoms with Crippen LogP contribution in [0.25, 0.3) is 66.0 Å². The smallest absolute Gasteiger partial charge is 0.333 e. The van der Waals surface area contributed by atoms with E-state index < -0.39 is 0 Å². The lowest BCUT2D eigenvalue weighted by Crippen LogP contribution is -2.57. The van der Waals surface area contributed by atoms with Gasteiger partial charge in [-0.1, -0.05) is 164 Å². The van der Waals surface area contributed by atoms with Crippen molar-refractivity contribution in [1.29, 1.82) is 0 Å². The lowest BCUT2D eigenvalue weighted by atomic mass is 9.44. The fraction of sp³-hybridized carbons (Fsp3) is 0.172. The van der Waals surface area contributed by atoms with Gasteiger partial charge < -0.3 is 13.8 Å². The van der Waals surface area contributed by atoms with Crippen molar-refractivity contribution in [2.24, 2.45) is 0 Å². The van der Waals surface area contributed by atoms with Crippen LogP contribution in [0.15, 0.2) is 162 Å². The van der Waals surface area contributed by atoms with E-state index in [0.29, 0.717) is 0 Å². The molecule has 0 saturated carbocycles. The van der Waals surface area contributed by atoms with E-state index in [1.165, 1.54) is 99.9 Å². The van der Waals surface area contributed by atoms with Crippen molar-refractivity contribution in [3.63, 3.8) is 0 Å². The second-order valence-corrected chi connectivity index (χ2v) is 20.1. The minimum atomic E-state index is -0.233. The van der Waals surface area contributed by atoms with Crippen LogP contribution in [0.4, 0.5) is 17.1 Å². The summed E-state index contributed by atoms with van der Waals surface area (Å²) in [5.74, 6) is 0. The average Bonchev–Trinajstić information content (AvgIpc) is 3.82. The fourth-order valence-electron chi connectivity index (χ4n) is 11.9. The first-order chi connectivity index (χ1) is 29.9. The molecule has 0 atom stereocenters. The average molecular weight is 799 g/mol. The molecule has 0 spiro atoms. The van der Waals surface area contributed by atoms with E-state index in [-0.39, 0.29) is 23.1 Å². The third-order valence-electron chi connectivity index (χ3n) is 15.0. The van der Waals surface area contributed by atoms with E-state index in [4.69, 9.17) is 4.42 Å². The topological polar surface area (TPSA) is 21.3 Å². The predicted molar refractivity (Wildman–Crippen MR) is 262 cm³/mol. The van der Waals surface area contributed by atoms with Crippen molar-refractivity contribution in [2.45, 2.75) is 64.7 Å². The van der Waals surface area contributed by atoms with Crippen LogP contribution in [-0.4, -0.2) is 11.3 Å². The molecule has 2 aliphatic heterocycles. The number of rotatable bonds is 2. The molecular formula is C58H47BN2O. The minimum absolute atomic E-state index is 0.0284. The van der Waals surface area contributed by atoms with Gasteiger partial charge in [0.1, 0.15) is 5.58 Å². The molecule has 0 saturated heterocycles. The molecule has 4 heterocycles. The Morgan fingerprint density at radius 1 is 0.516 bits per heavy atom. The van der Waals surface area contributed by atoms with Crippen LogP contribution in [0.5, 0.6) is 0 Å². The van der Waals surface area contributed by atoms with E-state index in [0.717, 1.165) is 21.9 Å². The molecular weight excluding hydrogens is 751 g/mol. The third kappa shape index (κ3) is 4.52. The lowest BCUT2D eigenvalue weighted by Gasteiger charge is -2.47. The van der Waals surface area contributed by atoms with Crippen LogP contribution in [0.2, 0.25) is 0 Å². The van der Waals surface area contributed by atoms with Crippen LogP contribution in [0.3, 0.4) is 0 Å². The van der Waals surface area contributed by atoms with Crippen LogP contribution in [0.1, 0.15) is 76.3 Å². The van der Waals surface area contributed by atoms with Gasteiger partial charge in [-0.05, 0) is 109 Å². The van der Waals surface area contributed by atoms with Gasteiger partial charge in [0.15, 0.2) is 5.58 Å². The third-order valence-corrected chi connectivity index (χ3v) is 15.0. The zero-order chi connectivity index (χ0) is 42.0. The summed E-state index contributed by atoms with van der Waals surface area (Å²) < 4.78 is 9.57. The van der Waals surface area contributed by atoms with Gasteiger partial charge in [-0.15, -0.1) is 0 Å². The van der Waals surface area contributed by atoms with Crippen molar-refractivity contribution in [3.8, 4) is 22.3 Å². The molecule has 0 radical (unpaired) electrons. The summed E-state index contributed by atoms with van der Waals surface area (Å²) in [5.41, 5.74) is 22.0. The van der Waals surface area contributed by atoms with Gasteiger partial charge in [0.25, 0.3) is 0 Å². The number of para-hydroxylation sites is 2. The number of benzene rings is 8. The van der Waals surface area contributed by atoms with E-state index in [2.05, 4.69) is 216 Å². The molecule has 2 aromatic heterocycles. The predicted octanol–water partition coefficient (Wildman–Crippen LogP) is 14.0. The summed E-state index contributed by atoms with van der Waals surface area (Å²) in [6.07, 6.45) is 0. The second-order valence-electron chi connectivity index (χ2n) is 20.1. The first kappa shape index (κ1) is 35.9. The highest BCUT2D eigenvalue weighted by molar-refractivity contribution is 6.90. The van der Waals surface area contributed by atoms with Crippen molar-refractivity contribution in [3.05, 3.63) is 186 Å². The zero-order valence-electron chi connectivity index (χ0n) is 36.4. The summed E-state index contributed by atoms with van der Waals surface area (Å²) >= 11 is 0. The Kier molecular flexibility index (Phi) is 6.94. The Balaban J connectivity index is 1.24. The number of hydrogen-bond donors (Lipinski definition) is 0.